The van der Waals surface area contributed by atoms with Crippen LogP contribution in [0.1, 0.15) is 23.0 Å². The molecule has 0 aliphatic rings. The van der Waals surface area contributed by atoms with Gasteiger partial charge >= 0.3 is 5.97 Å². The second kappa shape index (κ2) is 5.69. The number of thiophene rings is 1. The van der Waals surface area contributed by atoms with Gasteiger partial charge in [0.15, 0.2) is 0 Å². The molecule has 0 fully saturated rings. The van der Waals surface area contributed by atoms with Crippen molar-refractivity contribution in [2.45, 2.75) is 13.3 Å². The summed E-state index contributed by atoms with van der Waals surface area (Å²) in [5.41, 5.74) is 1.01. The number of carboxylic acids is 1. The topological polar surface area (TPSA) is 46.5 Å². The van der Waals surface area contributed by atoms with E-state index in [0.29, 0.717) is 11.5 Å². The first kappa shape index (κ1) is 12.6. The molecule has 1 N–H and O–H groups in total. The van der Waals surface area contributed by atoms with E-state index in [1.807, 2.05) is 30.3 Å². The molecule has 0 unspecified atom stereocenters. The molecule has 18 heavy (non-hydrogen) atoms. The molecule has 0 spiro atoms. The Labute approximate surface area is 110 Å². The maximum Gasteiger partial charge on any atom is 0.345 e. The summed E-state index contributed by atoms with van der Waals surface area (Å²) in [7, 11) is 0. The van der Waals surface area contributed by atoms with Crippen LogP contribution >= 0.6 is 11.3 Å². The molecule has 0 amide bonds. The molecule has 0 atom stereocenters. The summed E-state index contributed by atoms with van der Waals surface area (Å²) < 4.78 is 5.50. The fourth-order valence-corrected chi connectivity index (χ4v) is 2.39. The molecule has 2 aromatic rings. The van der Waals surface area contributed by atoms with Crippen LogP contribution in [0.4, 0.5) is 0 Å². The van der Waals surface area contributed by atoms with Crippen molar-refractivity contribution in [3.05, 3.63) is 41.3 Å². The molecule has 1 heterocycles. The summed E-state index contributed by atoms with van der Waals surface area (Å²) in [6.07, 6.45) is 0.981. The van der Waals surface area contributed by atoms with E-state index in [4.69, 9.17) is 9.84 Å². The third-order valence-electron chi connectivity index (χ3n) is 2.43. The molecule has 0 bridgehead atoms. The zero-order valence-corrected chi connectivity index (χ0v) is 10.9. The van der Waals surface area contributed by atoms with Crippen molar-refractivity contribution in [1.82, 2.24) is 0 Å². The third kappa shape index (κ3) is 2.90. The van der Waals surface area contributed by atoms with Crippen LogP contribution in [0.2, 0.25) is 0 Å². The van der Waals surface area contributed by atoms with Crippen LogP contribution in [0.5, 0.6) is 5.75 Å². The quantitative estimate of drug-likeness (QED) is 0.888. The Balaban J connectivity index is 2.15. The number of benzene rings is 1. The first-order chi connectivity index (χ1) is 8.70. The van der Waals surface area contributed by atoms with Crippen molar-refractivity contribution in [3.63, 3.8) is 0 Å². The molecule has 0 aliphatic carbocycles. The zero-order valence-electron chi connectivity index (χ0n) is 10.1. The monoisotopic (exact) mass is 262 g/mol. The highest BCUT2D eigenvalue weighted by molar-refractivity contribution is 7.17. The lowest BCUT2D eigenvalue weighted by Gasteiger charge is -2.04. The van der Waals surface area contributed by atoms with Gasteiger partial charge < -0.3 is 9.84 Å². The van der Waals surface area contributed by atoms with Gasteiger partial charge in [-0.15, -0.1) is 11.3 Å². The Bertz CT molecular complexity index is 528. The second-order valence-electron chi connectivity index (χ2n) is 3.84. The van der Waals surface area contributed by atoms with Crippen molar-refractivity contribution in [3.8, 4) is 16.2 Å². The summed E-state index contributed by atoms with van der Waals surface area (Å²) in [4.78, 5) is 12.1. The minimum absolute atomic E-state index is 0.358. The standard InChI is InChI=1S/C14H14O3S/c1-2-9-17-11-5-3-10(4-6-11)12-7-8-13(18-12)14(15)16/h3-8H,2,9H2,1H3,(H,15,16). The van der Waals surface area contributed by atoms with E-state index in [1.54, 1.807) is 6.07 Å². The van der Waals surface area contributed by atoms with Gasteiger partial charge in [-0.25, -0.2) is 4.79 Å². The molecule has 2 rings (SSSR count). The minimum Gasteiger partial charge on any atom is -0.494 e. The van der Waals surface area contributed by atoms with Gasteiger partial charge in [0.05, 0.1) is 6.61 Å². The molecule has 3 nitrogen and oxygen atoms in total. The number of rotatable bonds is 5. The summed E-state index contributed by atoms with van der Waals surface area (Å²) in [5.74, 6) is -0.0373. The summed E-state index contributed by atoms with van der Waals surface area (Å²) in [6.45, 7) is 2.77. The highest BCUT2D eigenvalue weighted by Crippen LogP contribution is 2.29. The molecule has 4 heteroatoms. The Morgan fingerprint density at radius 1 is 1.22 bits per heavy atom. The molecular weight excluding hydrogens is 248 g/mol. The average molecular weight is 262 g/mol. The predicted molar refractivity (Wildman–Crippen MR) is 72.5 cm³/mol. The van der Waals surface area contributed by atoms with Crippen molar-refractivity contribution in [1.29, 1.82) is 0 Å². The van der Waals surface area contributed by atoms with Crippen LogP contribution in [0.25, 0.3) is 10.4 Å². The number of hydrogen-bond donors (Lipinski definition) is 1. The Morgan fingerprint density at radius 2 is 1.94 bits per heavy atom. The van der Waals surface area contributed by atoms with Crippen LogP contribution in [0, 0.1) is 0 Å². The number of carbonyl (C=O) groups is 1. The molecule has 0 aliphatic heterocycles. The van der Waals surface area contributed by atoms with E-state index in [-0.39, 0.29) is 0 Å². The van der Waals surface area contributed by atoms with Crippen LogP contribution in [0.15, 0.2) is 36.4 Å². The van der Waals surface area contributed by atoms with E-state index < -0.39 is 5.97 Å². The van der Waals surface area contributed by atoms with Gasteiger partial charge in [-0.2, -0.15) is 0 Å². The smallest absolute Gasteiger partial charge is 0.345 e. The van der Waals surface area contributed by atoms with Crippen molar-refractivity contribution >= 4 is 17.3 Å². The van der Waals surface area contributed by atoms with E-state index in [1.165, 1.54) is 11.3 Å². The molecule has 1 aromatic carbocycles. The van der Waals surface area contributed by atoms with Crippen LogP contribution < -0.4 is 4.74 Å². The second-order valence-corrected chi connectivity index (χ2v) is 4.93. The normalized spacial score (nSPS) is 10.3. The number of ether oxygens (including phenoxy) is 1. The maximum absolute atomic E-state index is 10.8. The first-order valence-corrected chi connectivity index (χ1v) is 6.58. The van der Waals surface area contributed by atoms with Crippen LogP contribution in [-0.2, 0) is 0 Å². The maximum atomic E-state index is 10.8. The Morgan fingerprint density at radius 3 is 2.50 bits per heavy atom. The fourth-order valence-electron chi connectivity index (χ4n) is 1.54. The SMILES string of the molecule is CCCOc1ccc(-c2ccc(C(=O)O)s2)cc1. The van der Waals surface area contributed by atoms with Crippen molar-refractivity contribution in [2.75, 3.05) is 6.61 Å². The lowest BCUT2D eigenvalue weighted by Crippen LogP contribution is -1.94. The molecule has 0 saturated carbocycles. The van der Waals surface area contributed by atoms with E-state index in [2.05, 4.69) is 6.92 Å². The van der Waals surface area contributed by atoms with Gasteiger partial charge in [0, 0.05) is 4.88 Å². The largest absolute Gasteiger partial charge is 0.494 e. The fraction of sp³-hybridized carbons (Fsp3) is 0.214. The molecule has 0 radical (unpaired) electrons. The van der Waals surface area contributed by atoms with Gasteiger partial charge in [-0.1, -0.05) is 6.92 Å². The first-order valence-electron chi connectivity index (χ1n) is 5.77. The van der Waals surface area contributed by atoms with Gasteiger partial charge in [0.1, 0.15) is 10.6 Å². The zero-order chi connectivity index (χ0) is 13.0. The average Bonchev–Trinajstić information content (AvgIpc) is 2.87. The number of carboxylic acid groups (broad SMARTS) is 1. The summed E-state index contributed by atoms with van der Waals surface area (Å²) in [6, 6.07) is 11.2. The molecule has 1 aromatic heterocycles. The number of hydrogen-bond acceptors (Lipinski definition) is 3. The van der Waals surface area contributed by atoms with Gasteiger partial charge in [0.2, 0.25) is 0 Å². The van der Waals surface area contributed by atoms with Gasteiger partial charge in [0.25, 0.3) is 0 Å². The summed E-state index contributed by atoms with van der Waals surface area (Å²) >= 11 is 1.28. The minimum atomic E-state index is -0.880. The van der Waals surface area contributed by atoms with Crippen LogP contribution in [-0.4, -0.2) is 17.7 Å². The lowest BCUT2D eigenvalue weighted by atomic mass is 10.2. The van der Waals surface area contributed by atoms with E-state index >= 15 is 0 Å². The Kier molecular flexibility index (Phi) is 3.99. The molecule has 0 saturated heterocycles. The van der Waals surface area contributed by atoms with Crippen LogP contribution in [0.3, 0.4) is 0 Å². The van der Waals surface area contributed by atoms with Crippen molar-refractivity contribution in [2.24, 2.45) is 0 Å². The lowest BCUT2D eigenvalue weighted by molar-refractivity contribution is 0.0702. The van der Waals surface area contributed by atoms with Crippen molar-refractivity contribution < 1.29 is 14.6 Å². The summed E-state index contributed by atoms with van der Waals surface area (Å²) in [5, 5.41) is 8.88. The van der Waals surface area contributed by atoms with Gasteiger partial charge in [-0.3, -0.25) is 0 Å². The van der Waals surface area contributed by atoms with E-state index in [0.717, 1.165) is 22.6 Å². The predicted octanol–water partition coefficient (Wildman–Crippen LogP) is 3.90. The Hall–Kier alpha value is -1.81. The molecular formula is C14H14O3S. The van der Waals surface area contributed by atoms with E-state index in [9.17, 15) is 4.79 Å². The molecule has 94 valence electrons. The highest BCUT2D eigenvalue weighted by Gasteiger charge is 2.08. The van der Waals surface area contributed by atoms with Gasteiger partial charge in [-0.05, 0) is 48.4 Å². The third-order valence-corrected chi connectivity index (χ3v) is 3.55. The highest BCUT2D eigenvalue weighted by atomic mass is 32.1. The number of aromatic carboxylic acids is 1.